The summed E-state index contributed by atoms with van der Waals surface area (Å²) >= 11 is 1.59. The molecule has 0 radical (unpaired) electrons. The Morgan fingerprint density at radius 1 is 0.908 bits per heavy atom. The molecule has 2 aromatic carbocycles. The Labute approximate surface area is 381 Å². The van der Waals surface area contributed by atoms with Crippen LogP contribution >= 0.6 is 11.3 Å². The number of rotatable bonds is 12. The second-order valence-corrected chi connectivity index (χ2v) is 19.2. The fourth-order valence-corrected chi connectivity index (χ4v) is 10.6. The van der Waals surface area contributed by atoms with Crippen molar-refractivity contribution in [1.29, 1.82) is 0 Å². The molecule has 1 aliphatic carbocycles. The number of aromatic nitrogens is 6. The van der Waals surface area contributed by atoms with E-state index in [1.165, 1.54) is 10.6 Å². The number of phenols is 1. The van der Waals surface area contributed by atoms with Crippen LogP contribution < -0.4 is 10.2 Å². The number of amides is 2. The maximum Gasteiger partial charge on any atom is 0.243 e. The van der Waals surface area contributed by atoms with Gasteiger partial charge in [0, 0.05) is 67.1 Å². The van der Waals surface area contributed by atoms with Crippen LogP contribution in [0.2, 0.25) is 0 Å². The zero-order valence-electron chi connectivity index (χ0n) is 37.2. The Hall–Kier alpha value is -6.45. The Bertz CT molecular complexity index is 2900. The first-order valence-electron chi connectivity index (χ1n) is 22.6. The number of hydrogen-bond donors (Lipinski definition) is 3. The first kappa shape index (κ1) is 42.5. The average molecular weight is 892 g/mol. The number of phenolic OH excluding ortho intramolecular Hbond substituents is 1. The highest BCUT2D eigenvalue weighted by molar-refractivity contribution is 7.13. The van der Waals surface area contributed by atoms with Gasteiger partial charge in [0.15, 0.2) is 0 Å². The maximum atomic E-state index is 14.4. The largest absolute Gasteiger partial charge is 0.507 e. The smallest absolute Gasteiger partial charge is 0.243 e. The molecule has 14 nitrogen and oxygen atoms in total. The molecule has 5 aromatic heterocycles. The van der Waals surface area contributed by atoms with Gasteiger partial charge in [0.25, 0.3) is 0 Å². The van der Waals surface area contributed by atoms with Crippen molar-refractivity contribution in [3.05, 3.63) is 113 Å². The lowest BCUT2D eigenvalue weighted by Crippen LogP contribution is -2.48. The van der Waals surface area contributed by atoms with Crippen LogP contribution in [0.4, 0.5) is 5.82 Å². The summed E-state index contributed by atoms with van der Waals surface area (Å²) in [6.45, 7) is 11.6. The van der Waals surface area contributed by atoms with Crippen LogP contribution in [-0.2, 0) is 9.59 Å². The molecule has 15 heteroatoms. The topological polar surface area (TPSA) is 176 Å². The molecule has 0 bridgehead atoms. The number of aliphatic hydroxyl groups is 1. The van der Waals surface area contributed by atoms with Crippen molar-refractivity contribution in [2.24, 2.45) is 5.92 Å². The molecular weight excluding hydrogens is 839 g/mol. The van der Waals surface area contributed by atoms with Gasteiger partial charge in [-0.05, 0) is 93.0 Å². The normalized spacial score (nSPS) is 19.6. The van der Waals surface area contributed by atoms with Gasteiger partial charge in [0.05, 0.1) is 39.4 Å². The first-order chi connectivity index (χ1) is 31.4. The standard InChI is InChI=1S/C50H53N9O5S/c1-27(2)46(50(63)58-25-36(60)19-43(58)49(62)53-29(4)31-10-12-32(13-11-31)47-30(5)52-26-65-47)45-22-38(56-64-45)34-18-28(3)48(51-23-34)57-17-16-33(24-57)41-21-40-42(59(41)35-14-15-35)20-39(54-55-40)37-8-6-7-9-44(37)61/h6-13,18,20-23,26-27,29,33,35-36,43,46,60-61H,14-17,19,24-25H2,1-5H3,(H,53,62)/t29-,33+,36+,43-,46+/m0/s1. The summed E-state index contributed by atoms with van der Waals surface area (Å²) in [6, 6.07) is 22.7. The second kappa shape index (κ2) is 17.2. The molecule has 5 atom stereocenters. The minimum atomic E-state index is -0.832. The molecule has 3 N–H and O–H groups in total. The van der Waals surface area contributed by atoms with Crippen LogP contribution in [-0.4, -0.2) is 88.6 Å². The number of carbonyl (C=O) groups excluding carboxylic acids is 2. The van der Waals surface area contributed by atoms with E-state index in [1.54, 1.807) is 29.5 Å². The number of pyridine rings is 1. The van der Waals surface area contributed by atoms with Crippen molar-refractivity contribution >= 4 is 40.0 Å². The minimum Gasteiger partial charge on any atom is -0.507 e. The molecule has 7 aromatic rings. The fourth-order valence-electron chi connectivity index (χ4n) is 9.83. The van der Waals surface area contributed by atoms with Gasteiger partial charge in [0.2, 0.25) is 11.8 Å². The molecule has 65 heavy (non-hydrogen) atoms. The zero-order chi connectivity index (χ0) is 45.1. The highest BCUT2D eigenvalue weighted by Gasteiger charge is 2.44. The van der Waals surface area contributed by atoms with E-state index in [1.807, 2.05) is 75.8 Å². The highest BCUT2D eigenvalue weighted by Crippen LogP contribution is 2.44. The molecule has 2 aliphatic heterocycles. The number of nitrogens with zero attached hydrogens (tertiary/aromatic N) is 8. The lowest BCUT2D eigenvalue weighted by Gasteiger charge is -2.29. The number of fused-ring (bicyclic) bond motifs is 1. The lowest BCUT2D eigenvalue weighted by atomic mass is 9.91. The van der Waals surface area contributed by atoms with Crippen molar-refractivity contribution in [3.63, 3.8) is 0 Å². The summed E-state index contributed by atoms with van der Waals surface area (Å²) in [5, 5.41) is 37.9. The lowest BCUT2D eigenvalue weighted by molar-refractivity contribution is -0.141. The predicted octanol–water partition coefficient (Wildman–Crippen LogP) is 8.50. The summed E-state index contributed by atoms with van der Waals surface area (Å²) in [5.74, 6) is 0.292. The van der Waals surface area contributed by atoms with Crippen molar-refractivity contribution in [3.8, 4) is 38.7 Å². The fraction of sp³-hybridized carbons (Fsp3) is 0.380. The van der Waals surface area contributed by atoms with Crippen LogP contribution in [0, 0.1) is 19.8 Å². The Morgan fingerprint density at radius 3 is 2.43 bits per heavy atom. The zero-order valence-corrected chi connectivity index (χ0v) is 38.0. The summed E-state index contributed by atoms with van der Waals surface area (Å²) < 4.78 is 8.37. The van der Waals surface area contributed by atoms with Crippen molar-refractivity contribution in [2.45, 2.75) is 96.4 Å². The Morgan fingerprint density at radius 2 is 1.71 bits per heavy atom. The third-order valence-electron chi connectivity index (χ3n) is 13.4. The summed E-state index contributed by atoms with van der Waals surface area (Å²) in [7, 11) is 0. The van der Waals surface area contributed by atoms with Crippen molar-refractivity contribution in [1.82, 2.24) is 40.1 Å². The molecule has 0 unspecified atom stereocenters. The number of β-amino-alcohol motifs (C(OH)–C–C–N with tert-alkyl or cyclic N) is 1. The van der Waals surface area contributed by atoms with E-state index in [0.717, 1.165) is 82.0 Å². The van der Waals surface area contributed by atoms with Gasteiger partial charge in [-0.1, -0.05) is 55.4 Å². The maximum absolute atomic E-state index is 14.4. The summed E-state index contributed by atoms with van der Waals surface area (Å²) in [6.07, 6.45) is 4.36. The molecule has 10 rings (SSSR count). The van der Waals surface area contributed by atoms with Gasteiger partial charge in [-0.3, -0.25) is 9.59 Å². The number of carbonyl (C=O) groups is 2. The number of aryl methyl sites for hydroxylation is 2. The minimum absolute atomic E-state index is 0.0534. The number of thiazole rings is 1. The van der Waals surface area contributed by atoms with E-state index >= 15 is 0 Å². The summed E-state index contributed by atoms with van der Waals surface area (Å²) in [4.78, 5) is 42.5. The number of hydrogen-bond acceptors (Lipinski definition) is 12. The van der Waals surface area contributed by atoms with Gasteiger partial charge in [-0.15, -0.1) is 21.5 Å². The van der Waals surface area contributed by atoms with Gasteiger partial charge in [0.1, 0.15) is 40.5 Å². The number of aliphatic hydroxyl groups excluding tert-OH is 1. The van der Waals surface area contributed by atoms with E-state index in [-0.39, 0.29) is 48.4 Å². The molecule has 2 saturated heterocycles. The van der Waals surface area contributed by atoms with E-state index < -0.39 is 18.1 Å². The van der Waals surface area contributed by atoms with Crippen LogP contribution in [0.3, 0.4) is 0 Å². The number of likely N-dealkylation sites (tertiary alicyclic amines) is 1. The molecule has 3 fully saturated rings. The molecule has 334 valence electrons. The number of anilines is 1. The van der Waals surface area contributed by atoms with E-state index in [2.05, 4.69) is 60.2 Å². The first-order valence-corrected chi connectivity index (χ1v) is 23.4. The third kappa shape index (κ3) is 8.16. The summed E-state index contributed by atoms with van der Waals surface area (Å²) in [5.41, 5.74) is 11.7. The SMILES string of the molecule is Cc1cc(-c2cc([C@H](C(=O)N3C[C@H](O)C[C@H]3C(=O)N[C@@H](C)c3ccc(-c4scnc4C)cc3)C(C)C)on2)cnc1N1CC[C@@H](c2cc3nnc(-c4ccccc4O)cc3n2C2CC2)C1. The molecular formula is C50H53N9O5S. The predicted molar refractivity (Wildman–Crippen MR) is 249 cm³/mol. The molecule has 0 spiro atoms. The van der Waals surface area contributed by atoms with E-state index in [0.29, 0.717) is 28.8 Å². The van der Waals surface area contributed by atoms with E-state index in [9.17, 15) is 19.8 Å². The number of benzene rings is 2. The van der Waals surface area contributed by atoms with Crippen LogP contribution in [0.15, 0.2) is 89.0 Å². The Balaban J connectivity index is 0.821. The molecule has 7 heterocycles. The van der Waals surface area contributed by atoms with Crippen LogP contribution in [0.1, 0.15) is 98.6 Å². The van der Waals surface area contributed by atoms with Crippen LogP contribution in [0.25, 0.3) is 44.0 Å². The van der Waals surface area contributed by atoms with Gasteiger partial charge < -0.3 is 34.4 Å². The molecule has 1 saturated carbocycles. The van der Waals surface area contributed by atoms with Crippen LogP contribution in [0.5, 0.6) is 5.75 Å². The van der Waals surface area contributed by atoms with Gasteiger partial charge in [-0.2, -0.15) is 0 Å². The number of para-hydroxylation sites is 1. The Kier molecular flexibility index (Phi) is 11.2. The third-order valence-corrected chi connectivity index (χ3v) is 14.4. The van der Waals surface area contributed by atoms with Crippen molar-refractivity contribution in [2.75, 3.05) is 24.5 Å². The average Bonchev–Trinajstić information content (AvgIpc) is 3.80. The quantitative estimate of drug-likeness (QED) is 0.107. The second-order valence-electron chi connectivity index (χ2n) is 18.3. The highest BCUT2D eigenvalue weighted by atomic mass is 32.1. The number of nitrogens with one attached hydrogen (secondary N) is 1. The number of aromatic hydroxyl groups is 1. The molecule has 2 amide bonds. The van der Waals surface area contributed by atoms with Gasteiger partial charge >= 0.3 is 0 Å². The molecule has 3 aliphatic rings. The van der Waals surface area contributed by atoms with E-state index in [4.69, 9.17) is 9.51 Å². The van der Waals surface area contributed by atoms with Crippen molar-refractivity contribution < 1.29 is 24.3 Å². The monoisotopic (exact) mass is 891 g/mol. The van der Waals surface area contributed by atoms with Gasteiger partial charge in [-0.25, -0.2) is 9.97 Å².